The molecule has 0 radical (unpaired) electrons. The first-order valence-corrected chi connectivity index (χ1v) is 4.96. The van der Waals surface area contributed by atoms with E-state index in [1.54, 1.807) is 6.20 Å². The molecule has 0 saturated carbocycles. The first-order valence-electron chi connectivity index (χ1n) is 4.96. The van der Waals surface area contributed by atoms with E-state index in [0.29, 0.717) is 5.69 Å². The van der Waals surface area contributed by atoms with Gasteiger partial charge in [0.1, 0.15) is 0 Å². The van der Waals surface area contributed by atoms with Crippen molar-refractivity contribution in [3.8, 4) is 11.3 Å². The van der Waals surface area contributed by atoms with Crippen LogP contribution in [0, 0.1) is 13.8 Å². The summed E-state index contributed by atoms with van der Waals surface area (Å²) in [7, 11) is 0. The predicted octanol–water partition coefficient (Wildman–Crippen LogP) is 2.95. The molecule has 2 rings (SSSR count). The van der Waals surface area contributed by atoms with E-state index in [1.165, 1.54) is 5.56 Å². The SMILES string of the molecule is Cc1ccc(-c2ncc(N)cc2C)cc1. The van der Waals surface area contributed by atoms with E-state index >= 15 is 0 Å². The number of hydrogen-bond donors (Lipinski definition) is 1. The second-order valence-corrected chi connectivity index (χ2v) is 3.80. The first-order chi connectivity index (χ1) is 7.16. The molecule has 15 heavy (non-hydrogen) atoms. The molecule has 2 aromatic rings. The first kappa shape index (κ1) is 9.71. The minimum absolute atomic E-state index is 0.711. The molecule has 76 valence electrons. The summed E-state index contributed by atoms with van der Waals surface area (Å²) in [5, 5.41) is 0. The highest BCUT2D eigenvalue weighted by molar-refractivity contribution is 5.64. The van der Waals surface area contributed by atoms with Crippen LogP contribution >= 0.6 is 0 Å². The average Bonchev–Trinajstić information content (AvgIpc) is 2.20. The smallest absolute Gasteiger partial charge is 0.0732 e. The lowest BCUT2D eigenvalue weighted by Crippen LogP contribution is -1.92. The minimum Gasteiger partial charge on any atom is -0.397 e. The van der Waals surface area contributed by atoms with E-state index in [2.05, 4.69) is 36.2 Å². The molecule has 0 aliphatic carbocycles. The fourth-order valence-corrected chi connectivity index (χ4v) is 1.61. The van der Waals surface area contributed by atoms with Crippen LogP contribution in [0.1, 0.15) is 11.1 Å². The second kappa shape index (κ2) is 3.73. The molecule has 0 aliphatic rings. The van der Waals surface area contributed by atoms with E-state index in [9.17, 15) is 0 Å². The second-order valence-electron chi connectivity index (χ2n) is 3.80. The van der Waals surface area contributed by atoms with Gasteiger partial charge in [0, 0.05) is 5.56 Å². The normalized spacial score (nSPS) is 10.3. The average molecular weight is 198 g/mol. The molecule has 0 amide bonds. The summed E-state index contributed by atoms with van der Waals surface area (Å²) in [6, 6.07) is 10.3. The van der Waals surface area contributed by atoms with Gasteiger partial charge in [-0.2, -0.15) is 0 Å². The highest BCUT2D eigenvalue weighted by Crippen LogP contribution is 2.22. The van der Waals surface area contributed by atoms with Gasteiger partial charge in [-0.1, -0.05) is 29.8 Å². The monoisotopic (exact) mass is 198 g/mol. The van der Waals surface area contributed by atoms with E-state index < -0.39 is 0 Å². The molecule has 0 fully saturated rings. The Morgan fingerprint density at radius 3 is 2.33 bits per heavy atom. The topological polar surface area (TPSA) is 38.9 Å². The lowest BCUT2D eigenvalue weighted by atomic mass is 10.1. The Bertz CT molecular complexity index is 472. The van der Waals surface area contributed by atoms with Crippen LogP contribution in [0.4, 0.5) is 5.69 Å². The van der Waals surface area contributed by atoms with Crippen molar-refractivity contribution in [2.24, 2.45) is 0 Å². The number of nitrogens with zero attached hydrogens (tertiary/aromatic N) is 1. The van der Waals surface area contributed by atoms with Gasteiger partial charge < -0.3 is 5.73 Å². The summed E-state index contributed by atoms with van der Waals surface area (Å²) in [4.78, 5) is 4.35. The van der Waals surface area contributed by atoms with Crippen LogP contribution in [0.2, 0.25) is 0 Å². The maximum atomic E-state index is 5.67. The Morgan fingerprint density at radius 1 is 1.07 bits per heavy atom. The third-order valence-electron chi connectivity index (χ3n) is 2.42. The van der Waals surface area contributed by atoms with Crippen molar-refractivity contribution in [2.45, 2.75) is 13.8 Å². The van der Waals surface area contributed by atoms with E-state index in [0.717, 1.165) is 16.8 Å². The number of anilines is 1. The van der Waals surface area contributed by atoms with Gasteiger partial charge in [0.05, 0.1) is 17.6 Å². The molecular weight excluding hydrogens is 184 g/mol. The van der Waals surface area contributed by atoms with Crippen LogP contribution in [0.3, 0.4) is 0 Å². The zero-order valence-electron chi connectivity index (χ0n) is 8.99. The maximum Gasteiger partial charge on any atom is 0.0732 e. The fraction of sp³-hybridized carbons (Fsp3) is 0.154. The number of benzene rings is 1. The minimum atomic E-state index is 0.711. The van der Waals surface area contributed by atoms with Crippen LogP contribution in [0.5, 0.6) is 0 Å². The number of aromatic nitrogens is 1. The maximum absolute atomic E-state index is 5.67. The predicted molar refractivity (Wildman–Crippen MR) is 63.6 cm³/mol. The van der Waals surface area contributed by atoms with Crippen molar-refractivity contribution in [1.29, 1.82) is 0 Å². The van der Waals surface area contributed by atoms with Gasteiger partial charge in [0.15, 0.2) is 0 Å². The van der Waals surface area contributed by atoms with Gasteiger partial charge in [-0.05, 0) is 25.5 Å². The Morgan fingerprint density at radius 2 is 1.73 bits per heavy atom. The largest absolute Gasteiger partial charge is 0.397 e. The van der Waals surface area contributed by atoms with E-state index in [4.69, 9.17) is 5.73 Å². The molecule has 0 bridgehead atoms. The molecule has 0 spiro atoms. The zero-order valence-corrected chi connectivity index (χ0v) is 8.99. The summed E-state index contributed by atoms with van der Waals surface area (Å²) in [6.07, 6.45) is 1.70. The summed E-state index contributed by atoms with van der Waals surface area (Å²) >= 11 is 0. The van der Waals surface area contributed by atoms with Crippen molar-refractivity contribution in [1.82, 2.24) is 4.98 Å². The number of hydrogen-bond acceptors (Lipinski definition) is 2. The number of nitrogen functional groups attached to an aromatic ring is 1. The van der Waals surface area contributed by atoms with Gasteiger partial charge in [-0.15, -0.1) is 0 Å². The molecule has 0 atom stereocenters. The Hall–Kier alpha value is -1.83. The number of rotatable bonds is 1. The molecule has 2 N–H and O–H groups in total. The summed E-state index contributed by atoms with van der Waals surface area (Å²) in [6.45, 7) is 4.10. The highest BCUT2D eigenvalue weighted by atomic mass is 14.7. The molecule has 0 saturated heterocycles. The molecule has 2 nitrogen and oxygen atoms in total. The van der Waals surface area contributed by atoms with Crippen LogP contribution in [-0.4, -0.2) is 4.98 Å². The van der Waals surface area contributed by atoms with Crippen LogP contribution in [-0.2, 0) is 0 Å². The van der Waals surface area contributed by atoms with Crippen molar-refractivity contribution in [3.63, 3.8) is 0 Å². The number of pyridine rings is 1. The zero-order chi connectivity index (χ0) is 10.8. The lowest BCUT2D eigenvalue weighted by Gasteiger charge is -2.05. The molecule has 1 aromatic heterocycles. The molecule has 0 aliphatic heterocycles. The van der Waals surface area contributed by atoms with Gasteiger partial charge >= 0.3 is 0 Å². The molecule has 2 heteroatoms. The fourth-order valence-electron chi connectivity index (χ4n) is 1.61. The van der Waals surface area contributed by atoms with Crippen molar-refractivity contribution < 1.29 is 0 Å². The Kier molecular flexibility index (Phi) is 2.42. The van der Waals surface area contributed by atoms with E-state index in [-0.39, 0.29) is 0 Å². The number of aryl methyl sites for hydroxylation is 2. The highest BCUT2D eigenvalue weighted by Gasteiger charge is 2.02. The summed E-state index contributed by atoms with van der Waals surface area (Å²) < 4.78 is 0. The van der Waals surface area contributed by atoms with Crippen LogP contribution in [0.25, 0.3) is 11.3 Å². The quantitative estimate of drug-likeness (QED) is 0.765. The van der Waals surface area contributed by atoms with Gasteiger partial charge in [-0.3, -0.25) is 4.98 Å². The number of nitrogens with two attached hydrogens (primary N) is 1. The van der Waals surface area contributed by atoms with Crippen molar-refractivity contribution in [3.05, 3.63) is 47.7 Å². The summed E-state index contributed by atoms with van der Waals surface area (Å²) in [5.74, 6) is 0. The van der Waals surface area contributed by atoms with Gasteiger partial charge in [0.25, 0.3) is 0 Å². The van der Waals surface area contributed by atoms with Gasteiger partial charge in [-0.25, -0.2) is 0 Å². The van der Waals surface area contributed by atoms with Crippen LogP contribution in [0.15, 0.2) is 36.5 Å². The molecule has 1 aromatic carbocycles. The molecule has 1 heterocycles. The lowest BCUT2D eigenvalue weighted by molar-refractivity contribution is 1.27. The van der Waals surface area contributed by atoms with Crippen molar-refractivity contribution >= 4 is 5.69 Å². The Labute approximate surface area is 89.8 Å². The molecular formula is C13H14N2. The third kappa shape index (κ3) is 1.99. The van der Waals surface area contributed by atoms with Gasteiger partial charge in [0.2, 0.25) is 0 Å². The Balaban J connectivity index is 2.49. The molecule has 0 unspecified atom stereocenters. The summed E-state index contributed by atoms with van der Waals surface area (Å²) in [5.41, 5.74) is 10.9. The third-order valence-corrected chi connectivity index (χ3v) is 2.42. The van der Waals surface area contributed by atoms with E-state index in [1.807, 2.05) is 13.0 Å². The van der Waals surface area contributed by atoms with Crippen LogP contribution < -0.4 is 5.73 Å². The standard InChI is InChI=1S/C13H14N2/c1-9-3-5-11(6-4-9)13-10(2)7-12(14)8-15-13/h3-8H,14H2,1-2H3. The van der Waals surface area contributed by atoms with Crippen molar-refractivity contribution in [2.75, 3.05) is 5.73 Å².